The van der Waals surface area contributed by atoms with Crippen LogP contribution in [0.3, 0.4) is 0 Å². The van der Waals surface area contributed by atoms with Gasteiger partial charge in [0.25, 0.3) is 6.47 Å². The molecule has 0 aliphatic heterocycles. The lowest BCUT2D eigenvalue weighted by atomic mass is 9.84. The molecule has 0 bridgehead atoms. The van der Waals surface area contributed by atoms with Gasteiger partial charge in [0.15, 0.2) is 0 Å². The molecule has 1 saturated carbocycles. The Morgan fingerprint density at radius 2 is 2.00 bits per heavy atom. The van der Waals surface area contributed by atoms with E-state index in [-0.39, 0.29) is 6.10 Å². The monoisotopic (exact) mass is 342 g/mol. The predicted molar refractivity (Wildman–Crippen MR) is 95.2 cm³/mol. The van der Waals surface area contributed by atoms with Gasteiger partial charge in [0.2, 0.25) is 5.88 Å². The van der Waals surface area contributed by atoms with Crippen LogP contribution in [-0.2, 0) is 22.6 Å². The van der Waals surface area contributed by atoms with Crippen molar-refractivity contribution in [2.75, 3.05) is 0 Å². The van der Waals surface area contributed by atoms with E-state index in [1.807, 2.05) is 36.4 Å². The number of rotatable bonds is 9. The molecule has 1 N–H and O–H groups in total. The number of aromatic amines is 1. The molecule has 1 fully saturated rings. The maximum absolute atomic E-state index is 10.8. The van der Waals surface area contributed by atoms with Crippen molar-refractivity contribution in [1.82, 2.24) is 10.2 Å². The highest BCUT2D eigenvalue weighted by atomic mass is 16.5. The van der Waals surface area contributed by atoms with E-state index in [2.05, 4.69) is 10.2 Å². The molecule has 0 radical (unpaired) electrons. The second-order valence-corrected chi connectivity index (χ2v) is 6.80. The summed E-state index contributed by atoms with van der Waals surface area (Å²) in [5, 5.41) is 7.20. The van der Waals surface area contributed by atoms with Crippen LogP contribution in [0.25, 0.3) is 0 Å². The van der Waals surface area contributed by atoms with Crippen LogP contribution in [0, 0.1) is 5.92 Å². The van der Waals surface area contributed by atoms with Gasteiger partial charge in [0, 0.05) is 18.2 Å². The standard InChI is InChI=1S/C20H26N2O3/c23-15-25-19(11-16-7-3-1-4-8-16)12-18-13-20(22-21-18)24-14-17-9-5-2-6-10-17/h2,5-6,9-10,13,15-16,19H,1,3-4,7-8,11-12,14H2,(H,21,22). The van der Waals surface area contributed by atoms with Crippen LogP contribution in [-0.4, -0.2) is 22.8 Å². The van der Waals surface area contributed by atoms with Crippen molar-refractivity contribution in [3.8, 4) is 5.88 Å². The molecule has 2 aromatic rings. The molecule has 0 saturated heterocycles. The molecule has 1 aliphatic rings. The van der Waals surface area contributed by atoms with Gasteiger partial charge in [-0.1, -0.05) is 62.4 Å². The first-order valence-electron chi connectivity index (χ1n) is 9.13. The molecule has 1 aliphatic carbocycles. The normalized spacial score (nSPS) is 16.3. The highest BCUT2D eigenvalue weighted by molar-refractivity contribution is 5.37. The van der Waals surface area contributed by atoms with Crippen LogP contribution >= 0.6 is 0 Å². The van der Waals surface area contributed by atoms with Crippen molar-refractivity contribution in [2.45, 2.75) is 57.7 Å². The van der Waals surface area contributed by atoms with Crippen molar-refractivity contribution < 1.29 is 14.3 Å². The summed E-state index contributed by atoms with van der Waals surface area (Å²) in [4.78, 5) is 10.8. The van der Waals surface area contributed by atoms with Crippen LogP contribution in [0.1, 0.15) is 49.8 Å². The number of hydrogen-bond donors (Lipinski definition) is 1. The van der Waals surface area contributed by atoms with E-state index in [1.54, 1.807) is 0 Å². The first kappa shape index (κ1) is 17.5. The third-order valence-electron chi connectivity index (χ3n) is 4.85. The number of benzene rings is 1. The summed E-state index contributed by atoms with van der Waals surface area (Å²) < 4.78 is 11.0. The Morgan fingerprint density at radius 1 is 1.20 bits per heavy atom. The fourth-order valence-corrected chi connectivity index (χ4v) is 3.56. The minimum atomic E-state index is -0.0944. The Bertz CT molecular complexity index is 635. The molecule has 5 heteroatoms. The lowest BCUT2D eigenvalue weighted by Gasteiger charge is -2.25. The molecular weight excluding hydrogens is 316 g/mol. The van der Waals surface area contributed by atoms with Crippen molar-refractivity contribution in [1.29, 1.82) is 0 Å². The number of carbonyl (C=O) groups is 1. The fourth-order valence-electron chi connectivity index (χ4n) is 3.56. The lowest BCUT2D eigenvalue weighted by molar-refractivity contribution is -0.134. The fraction of sp³-hybridized carbons (Fsp3) is 0.500. The zero-order chi connectivity index (χ0) is 17.3. The van der Waals surface area contributed by atoms with Crippen LogP contribution in [0.15, 0.2) is 36.4 Å². The Labute approximate surface area is 148 Å². The molecule has 1 atom stereocenters. The Balaban J connectivity index is 1.51. The van der Waals surface area contributed by atoms with Crippen molar-refractivity contribution in [3.05, 3.63) is 47.7 Å². The Kier molecular flexibility index (Phi) is 6.48. The Morgan fingerprint density at radius 3 is 2.76 bits per heavy atom. The molecule has 5 nitrogen and oxygen atoms in total. The van der Waals surface area contributed by atoms with Gasteiger partial charge in [-0.15, -0.1) is 5.10 Å². The second-order valence-electron chi connectivity index (χ2n) is 6.80. The third kappa shape index (κ3) is 5.62. The molecule has 0 amide bonds. The first-order valence-corrected chi connectivity index (χ1v) is 9.13. The number of H-pyrrole nitrogens is 1. The van der Waals surface area contributed by atoms with E-state index >= 15 is 0 Å². The molecule has 134 valence electrons. The number of hydrogen-bond acceptors (Lipinski definition) is 4. The zero-order valence-corrected chi connectivity index (χ0v) is 14.5. The van der Waals surface area contributed by atoms with Gasteiger partial charge in [-0.25, -0.2) is 0 Å². The molecule has 3 rings (SSSR count). The zero-order valence-electron chi connectivity index (χ0n) is 14.5. The molecule has 1 aromatic carbocycles. The van der Waals surface area contributed by atoms with Gasteiger partial charge in [0.05, 0.1) is 0 Å². The summed E-state index contributed by atoms with van der Waals surface area (Å²) in [7, 11) is 0. The summed E-state index contributed by atoms with van der Waals surface area (Å²) in [6.07, 6.45) is 7.89. The average molecular weight is 342 g/mol. The largest absolute Gasteiger partial charge is 0.472 e. The number of nitrogens with one attached hydrogen (secondary N) is 1. The van der Waals surface area contributed by atoms with Gasteiger partial charge < -0.3 is 9.47 Å². The van der Waals surface area contributed by atoms with Crippen molar-refractivity contribution in [3.63, 3.8) is 0 Å². The van der Waals surface area contributed by atoms with Crippen molar-refractivity contribution >= 4 is 6.47 Å². The third-order valence-corrected chi connectivity index (χ3v) is 4.85. The maximum atomic E-state index is 10.8. The second kappa shape index (κ2) is 9.25. The number of ether oxygens (including phenoxy) is 2. The number of aromatic nitrogens is 2. The summed E-state index contributed by atoms with van der Waals surface area (Å²) in [6, 6.07) is 11.9. The molecule has 1 aromatic heterocycles. The van der Waals surface area contributed by atoms with Crippen LogP contribution in [0.5, 0.6) is 5.88 Å². The SMILES string of the molecule is O=COC(Cc1cc(OCc2ccccc2)n[nH]1)CC1CCCCC1. The maximum Gasteiger partial charge on any atom is 0.293 e. The first-order chi connectivity index (χ1) is 12.3. The van der Waals surface area contributed by atoms with Gasteiger partial charge in [-0.2, -0.15) is 0 Å². The van der Waals surface area contributed by atoms with Crippen LogP contribution < -0.4 is 4.74 Å². The van der Waals surface area contributed by atoms with Gasteiger partial charge in [0.1, 0.15) is 12.7 Å². The quantitative estimate of drug-likeness (QED) is 0.699. The van der Waals surface area contributed by atoms with E-state index in [0.717, 1.165) is 17.7 Å². The average Bonchev–Trinajstić information content (AvgIpc) is 3.09. The van der Waals surface area contributed by atoms with E-state index in [9.17, 15) is 4.79 Å². The summed E-state index contributed by atoms with van der Waals surface area (Å²) in [6.45, 7) is 1.05. The van der Waals surface area contributed by atoms with Crippen LogP contribution in [0.4, 0.5) is 0 Å². The molecule has 0 spiro atoms. The molecule has 25 heavy (non-hydrogen) atoms. The Hall–Kier alpha value is -2.30. The lowest BCUT2D eigenvalue weighted by Crippen LogP contribution is -2.21. The highest BCUT2D eigenvalue weighted by Gasteiger charge is 2.21. The molecule has 1 heterocycles. The smallest absolute Gasteiger partial charge is 0.293 e. The van der Waals surface area contributed by atoms with E-state index < -0.39 is 0 Å². The van der Waals surface area contributed by atoms with Crippen molar-refractivity contribution in [2.24, 2.45) is 5.92 Å². The van der Waals surface area contributed by atoms with Gasteiger partial charge in [-0.05, 0) is 17.9 Å². The molecular formula is C20H26N2O3. The minimum absolute atomic E-state index is 0.0944. The van der Waals surface area contributed by atoms with E-state index in [0.29, 0.717) is 31.3 Å². The molecule has 1 unspecified atom stereocenters. The number of nitrogens with zero attached hydrogens (tertiary/aromatic N) is 1. The van der Waals surface area contributed by atoms with Crippen LogP contribution in [0.2, 0.25) is 0 Å². The summed E-state index contributed by atoms with van der Waals surface area (Å²) >= 11 is 0. The topological polar surface area (TPSA) is 64.2 Å². The van der Waals surface area contributed by atoms with Gasteiger partial charge in [-0.3, -0.25) is 9.89 Å². The van der Waals surface area contributed by atoms with Gasteiger partial charge >= 0.3 is 0 Å². The van der Waals surface area contributed by atoms with E-state index in [4.69, 9.17) is 9.47 Å². The highest BCUT2D eigenvalue weighted by Crippen LogP contribution is 2.29. The summed E-state index contributed by atoms with van der Waals surface area (Å²) in [5.41, 5.74) is 2.04. The summed E-state index contributed by atoms with van der Waals surface area (Å²) in [5.74, 6) is 1.23. The van der Waals surface area contributed by atoms with E-state index in [1.165, 1.54) is 32.1 Å². The minimum Gasteiger partial charge on any atom is -0.472 e. The number of carbonyl (C=O) groups excluding carboxylic acids is 1. The predicted octanol–water partition coefficient (Wildman–Crippen LogP) is 4.04.